The maximum Gasteiger partial charge on any atom is 0.431 e. The van der Waals surface area contributed by atoms with E-state index in [-0.39, 0.29) is 40.3 Å². The van der Waals surface area contributed by atoms with Gasteiger partial charge in [-0.2, -0.15) is 13.2 Å². The summed E-state index contributed by atoms with van der Waals surface area (Å²) in [6.07, 6.45) is -2.80. The molecule has 7 nitrogen and oxygen atoms in total. The van der Waals surface area contributed by atoms with Crippen molar-refractivity contribution in [3.05, 3.63) is 35.0 Å². The number of rotatable bonds is 4. The minimum absolute atomic E-state index is 0.0254. The number of alkyl halides is 3. The zero-order valence-electron chi connectivity index (χ0n) is 16.2. The first-order valence-corrected chi connectivity index (χ1v) is 13.4. The second kappa shape index (κ2) is 7.57. The Kier molecular flexibility index (Phi) is 5.43. The molecule has 3 aromatic heterocycles. The number of nitrogens with one attached hydrogen (secondary N) is 2. The van der Waals surface area contributed by atoms with E-state index in [1.807, 2.05) is 0 Å². The molecule has 0 aliphatic carbocycles. The van der Waals surface area contributed by atoms with Crippen LogP contribution < -0.4 is 4.72 Å². The number of thiophene rings is 1. The van der Waals surface area contributed by atoms with Crippen molar-refractivity contribution >= 4 is 42.2 Å². The maximum atomic E-state index is 13.1. The first kappa shape index (κ1) is 22.2. The molecule has 1 aliphatic heterocycles. The second-order valence-electron chi connectivity index (χ2n) is 7.38. The average Bonchev–Trinajstić information content (AvgIpc) is 3.27. The fourth-order valence-corrected chi connectivity index (χ4v) is 7.98. The highest BCUT2D eigenvalue weighted by Crippen LogP contribution is 2.39. The van der Waals surface area contributed by atoms with Crippen molar-refractivity contribution in [1.29, 1.82) is 0 Å². The number of H-pyrrole nitrogens is 1. The lowest BCUT2D eigenvalue weighted by molar-refractivity contribution is -0.140. The molecule has 31 heavy (non-hydrogen) atoms. The van der Waals surface area contributed by atoms with E-state index in [9.17, 15) is 30.0 Å². The van der Waals surface area contributed by atoms with Crippen molar-refractivity contribution in [2.75, 3.05) is 11.5 Å². The summed E-state index contributed by atoms with van der Waals surface area (Å²) >= 11 is 1.15. The predicted octanol–water partition coefficient (Wildman–Crippen LogP) is 3.47. The quantitative estimate of drug-likeness (QED) is 0.579. The van der Waals surface area contributed by atoms with E-state index in [1.54, 1.807) is 6.92 Å². The maximum absolute atomic E-state index is 13.1. The molecule has 4 heterocycles. The monoisotopic (exact) mass is 493 g/mol. The molecule has 0 unspecified atom stereocenters. The molecule has 1 saturated heterocycles. The van der Waals surface area contributed by atoms with Gasteiger partial charge in [0.05, 0.1) is 16.4 Å². The van der Waals surface area contributed by atoms with Gasteiger partial charge in [0.2, 0.25) is 10.0 Å². The van der Waals surface area contributed by atoms with Gasteiger partial charge in [-0.25, -0.2) is 26.5 Å². The van der Waals surface area contributed by atoms with Gasteiger partial charge < -0.3 is 4.98 Å². The van der Waals surface area contributed by atoms with Crippen LogP contribution in [0.1, 0.15) is 23.4 Å². The van der Waals surface area contributed by atoms with Crippen molar-refractivity contribution in [2.45, 2.75) is 36.9 Å². The summed E-state index contributed by atoms with van der Waals surface area (Å²) in [7, 11) is -7.05. The van der Waals surface area contributed by atoms with Crippen LogP contribution in [0, 0.1) is 6.92 Å². The molecule has 3 aromatic rings. The fraction of sp³-hybridized carbons (Fsp3) is 0.389. The van der Waals surface area contributed by atoms with Crippen LogP contribution in [0.2, 0.25) is 0 Å². The molecule has 0 atom stereocenters. The highest BCUT2D eigenvalue weighted by atomic mass is 32.2. The highest BCUT2D eigenvalue weighted by Gasteiger charge is 2.33. The van der Waals surface area contributed by atoms with Gasteiger partial charge in [-0.05, 0) is 38.0 Å². The van der Waals surface area contributed by atoms with Crippen molar-refractivity contribution in [1.82, 2.24) is 14.7 Å². The summed E-state index contributed by atoms with van der Waals surface area (Å²) in [4.78, 5) is 7.17. The second-order valence-corrected chi connectivity index (χ2v) is 12.6. The molecule has 0 radical (unpaired) electrons. The molecular weight excluding hydrogens is 475 g/mol. The summed E-state index contributed by atoms with van der Waals surface area (Å²) in [6, 6.07) is 3.44. The van der Waals surface area contributed by atoms with Crippen LogP contribution >= 0.6 is 11.3 Å². The molecule has 0 amide bonds. The number of sulfonamides is 1. The number of hydrogen-bond acceptors (Lipinski definition) is 6. The Morgan fingerprint density at radius 3 is 2.55 bits per heavy atom. The van der Waals surface area contributed by atoms with Crippen molar-refractivity contribution in [2.24, 2.45) is 0 Å². The van der Waals surface area contributed by atoms with Gasteiger partial charge in [0.25, 0.3) is 0 Å². The smallest absolute Gasteiger partial charge is 0.336 e. The summed E-state index contributed by atoms with van der Waals surface area (Å²) in [5, 5.41) is 0.241. The largest absolute Gasteiger partial charge is 0.431 e. The number of aromatic amines is 1. The van der Waals surface area contributed by atoms with Crippen LogP contribution in [0.25, 0.3) is 21.5 Å². The predicted molar refractivity (Wildman–Crippen MR) is 111 cm³/mol. The van der Waals surface area contributed by atoms with Gasteiger partial charge in [0, 0.05) is 32.9 Å². The lowest BCUT2D eigenvalue weighted by Gasteiger charge is -2.22. The van der Waals surface area contributed by atoms with Gasteiger partial charge in [0.15, 0.2) is 0 Å². The molecule has 0 aromatic carbocycles. The molecular formula is C18H18F3N3O4S3. The molecule has 0 saturated carbocycles. The average molecular weight is 494 g/mol. The molecule has 0 bridgehead atoms. The first-order valence-electron chi connectivity index (χ1n) is 9.24. The molecule has 13 heteroatoms. The van der Waals surface area contributed by atoms with Gasteiger partial charge in [-0.1, -0.05) is 0 Å². The molecule has 4 rings (SSSR count). The number of aryl methyl sites for hydroxylation is 1. The van der Waals surface area contributed by atoms with Gasteiger partial charge in [0.1, 0.15) is 21.2 Å². The molecule has 1 fully saturated rings. The zero-order valence-corrected chi connectivity index (χ0v) is 18.6. The summed E-state index contributed by atoms with van der Waals surface area (Å²) in [5.74, 6) is -0.143. The highest BCUT2D eigenvalue weighted by molar-refractivity contribution is 7.91. The standard InChI is InChI=1S/C18H18F3N3O4S3/c1-10-15(31(27,28)24-11-3-6-30(25,26)7-4-11)9-14(29-10)12-2-5-22-17-13(12)8-16(23-17)18(19,20)21/h2,5,8-9,11,24H,3-4,6-7H2,1H3,(H,22,23). The van der Waals surface area contributed by atoms with E-state index in [0.29, 0.717) is 15.3 Å². The number of hydrogen-bond donors (Lipinski definition) is 2. The number of halogens is 3. The third-order valence-electron chi connectivity index (χ3n) is 5.14. The van der Waals surface area contributed by atoms with E-state index >= 15 is 0 Å². The molecule has 1 aliphatic rings. The Morgan fingerprint density at radius 2 is 1.90 bits per heavy atom. The van der Waals surface area contributed by atoms with Crippen LogP contribution in [-0.4, -0.2) is 44.4 Å². The number of aromatic nitrogens is 2. The zero-order chi connectivity index (χ0) is 22.6. The van der Waals surface area contributed by atoms with E-state index in [2.05, 4.69) is 14.7 Å². The number of pyridine rings is 1. The molecule has 168 valence electrons. The van der Waals surface area contributed by atoms with Gasteiger partial charge >= 0.3 is 6.18 Å². The minimum atomic E-state index is -4.56. The summed E-state index contributed by atoms with van der Waals surface area (Å²) in [5.41, 5.74) is -0.436. The Labute approximate surface area is 180 Å². The van der Waals surface area contributed by atoms with E-state index in [4.69, 9.17) is 0 Å². The normalized spacial score (nSPS) is 17.9. The summed E-state index contributed by atoms with van der Waals surface area (Å²) in [6.45, 7) is 1.62. The first-order chi connectivity index (χ1) is 14.4. The fourth-order valence-electron chi connectivity index (χ4n) is 3.55. The van der Waals surface area contributed by atoms with Crippen LogP contribution in [0.15, 0.2) is 29.3 Å². The van der Waals surface area contributed by atoms with Crippen molar-refractivity contribution in [3.8, 4) is 10.4 Å². The molecule has 0 spiro atoms. The van der Waals surface area contributed by atoms with Crippen LogP contribution in [0.3, 0.4) is 0 Å². The number of nitrogens with zero attached hydrogens (tertiary/aromatic N) is 1. The van der Waals surface area contributed by atoms with Crippen molar-refractivity contribution < 1.29 is 30.0 Å². The Morgan fingerprint density at radius 1 is 1.23 bits per heavy atom. The SMILES string of the molecule is Cc1sc(-c2ccnc3[nH]c(C(F)(F)F)cc23)cc1S(=O)(=O)NC1CCS(=O)(=O)CC1. The van der Waals surface area contributed by atoms with E-state index in [1.165, 1.54) is 18.3 Å². The van der Waals surface area contributed by atoms with Crippen LogP contribution in [-0.2, 0) is 26.0 Å². The van der Waals surface area contributed by atoms with E-state index in [0.717, 1.165) is 17.4 Å². The van der Waals surface area contributed by atoms with Crippen LogP contribution in [0.4, 0.5) is 13.2 Å². The third kappa shape index (κ3) is 4.49. The molecule has 2 N–H and O–H groups in total. The van der Waals surface area contributed by atoms with Gasteiger partial charge in [-0.3, -0.25) is 0 Å². The van der Waals surface area contributed by atoms with Crippen molar-refractivity contribution in [3.63, 3.8) is 0 Å². The Bertz CT molecular complexity index is 1340. The third-order valence-corrected chi connectivity index (χ3v) is 9.72. The van der Waals surface area contributed by atoms with Gasteiger partial charge in [-0.15, -0.1) is 11.3 Å². The Balaban J connectivity index is 1.67. The Hall–Kier alpha value is -1.96. The van der Waals surface area contributed by atoms with Crippen LogP contribution in [0.5, 0.6) is 0 Å². The number of sulfone groups is 1. The number of fused-ring (bicyclic) bond motifs is 1. The topological polar surface area (TPSA) is 109 Å². The van der Waals surface area contributed by atoms with E-state index < -0.39 is 37.8 Å². The summed E-state index contributed by atoms with van der Waals surface area (Å²) < 4.78 is 90.7. The lowest BCUT2D eigenvalue weighted by Crippen LogP contribution is -2.40. The minimum Gasteiger partial charge on any atom is -0.336 e. The lowest BCUT2D eigenvalue weighted by atomic mass is 10.1.